The zero-order valence-electron chi connectivity index (χ0n) is 15.5. The molecule has 0 aliphatic carbocycles. The molecule has 2 aliphatic rings. The molecule has 1 aromatic carbocycles. The highest BCUT2D eigenvalue weighted by molar-refractivity contribution is 6.04. The Hall–Kier alpha value is -1.97. The lowest BCUT2D eigenvalue weighted by Crippen LogP contribution is -2.54. The number of hydrogen-bond acceptors (Lipinski definition) is 4. The fourth-order valence-corrected chi connectivity index (χ4v) is 3.86. The molecule has 0 saturated carbocycles. The zero-order valence-corrected chi connectivity index (χ0v) is 15.5. The quantitative estimate of drug-likeness (QED) is 0.821. The van der Waals surface area contributed by atoms with Crippen molar-refractivity contribution in [2.24, 2.45) is 0 Å². The Morgan fingerprint density at radius 2 is 1.88 bits per heavy atom. The van der Waals surface area contributed by atoms with Crippen LogP contribution in [0.3, 0.4) is 0 Å². The average Bonchev–Trinajstić information content (AvgIpc) is 2.93. The predicted molar refractivity (Wildman–Crippen MR) is 96.1 cm³/mol. The number of anilines is 1. The minimum Gasteiger partial charge on any atom is -0.453 e. The number of carbonyl (C=O) groups excluding carboxylic acids is 1. The number of rotatable bonds is 2. The molecule has 0 aromatic heterocycles. The Morgan fingerprint density at radius 1 is 1.25 bits per heavy atom. The van der Waals surface area contributed by atoms with Gasteiger partial charge in [-0.2, -0.15) is 0 Å². The molecule has 0 bridgehead atoms. The van der Waals surface area contributed by atoms with E-state index in [1.54, 1.807) is 0 Å². The van der Waals surface area contributed by atoms with E-state index in [9.17, 15) is 4.79 Å². The number of benzene rings is 1. The van der Waals surface area contributed by atoms with Gasteiger partial charge in [-0.1, -0.05) is 26.8 Å². The first-order valence-corrected chi connectivity index (χ1v) is 8.44. The molecule has 0 fully saturated rings. The maximum absolute atomic E-state index is 13.2. The third kappa shape index (κ3) is 2.23. The van der Waals surface area contributed by atoms with E-state index in [-0.39, 0.29) is 18.0 Å². The Morgan fingerprint density at radius 3 is 2.46 bits per heavy atom. The third-order valence-corrected chi connectivity index (χ3v) is 5.10. The number of nitrogens with one attached hydrogen (secondary N) is 1. The number of ether oxygens (including phenoxy) is 2. The molecule has 1 unspecified atom stereocenters. The van der Waals surface area contributed by atoms with Crippen LogP contribution in [0.15, 0.2) is 18.7 Å². The summed E-state index contributed by atoms with van der Waals surface area (Å²) in [6, 6.07) is 2.12. The first-order valence-electron chi connectivity index (χ1n) is 8.44. The first kappa shape index (κ1) is 16.9. The standard InChI is InChI=1S/C20H27NO3/c1-8-9-20(7)12-10-13(18(2,3)4)15-16(24-11-23-15)14(12)21-19(5,6)17(20)22/h8,10,21H,1,9,11H2,2-7H3. The summed E-state index contributed by atoms with van der Waals surface area (Å²) in [6.45, 7) is 16.3. The second-order valence-corrected chi connectivity index (χ2v) is 8.57. The Kier molecular flexibility index (Phi) is 3.52. The van der Waals surface area contributed by atoms with E-state index in [0.29, 0.717) is 6.42 Å². The van der Waals surface area contributed by atoms with Crippen LogP contribution >= 0.6 is 0 Å². The summed E-state index contributed by atoms with van der Waals surface area (Å²) in [5.74, 6) is 1.69. The molecule has 0 amide bonds. The van der Waals surface area contributed by atoms with Crippen molar-refractivity contribution in [2.45, 2.75) is 64.3 Å². The van der Waals surface area contributed by atoms with Crippen LogP contribution in [0.1, 0.15) is 59.1 Å². The summed E-state index contributed by atoms with van der Waals surface area (Å²) >= 11 is 0. The van der Waals surface area contributed by atoms with Crippen molar-refractivity contribution in [3.63, 3.8) is 0 Å². The van der Waals surface area contributed by atoms with Crippen LogP contribution in [0.5, 0.6) is 11.5 Å². The van der Waals surface area contributed by atoms with Gasteiger partial charge < -0.3 is 14.8 Å². The Bertz CT molecular complexity index is 727. The molecule has 3 rings (SSSR count). The number of allylic oxidation sites excluding steroid dienone is 1. The second kappa shape index (κ2) is 5.01. The van der Waals surface area contributed by atoms with Gasteiger partial charge in [0.2, 0.25) is 6.79 Å². The van der Waals surface area contributed by atoms with Crippen LogP contribution in [0, 0.1) is 0 Å². The van der Waals surface area contributed by atoms with E-state index >= 15 is 0 Å². The van der Waals surface area contributed by atoms with Gasteiger partial charge in [-0.05, 0) is 44.2 Å². The van der Waals surface area contributed by atoms with Crippen molar-refractivity contribution in [1.82, 2.24) is 0 Å². The molecule has 0 radical (unpaired) electrons. The molecular weight excluding hydrogens is 302 g/mol. The molecule has 4 nitrogen and oxygen atoms in total. The van der Waals surface area contributed by atoms with Gasteiger partial charge in [0.05, 0.1) is 16.6 Å². The Labute approximate surface area is 144 Å². The summed E-state index contributed by atoms with van der Waals surface area (Å²) in [4.78, 5) is 13.2. The molecule has 0 spiro atoms. The van der Waals surface area contributed by atoms with Crippen LogP contribution in [0.25, 0.3) is 0 Å². The highest BCUT2D eigenvalue weighted by Crippen LogP contribution is 2.54. The largest absolute Gasteiger partial charge is 0.453 e. The van der Waals surface area contributed by atoms with Crippen molar-refractivity contribution < 1.29 is 14.3 Å². The van der Waals surface area contributed by atoms with Gasteiger partial charge in [0.1, 0.15) is 0 Å². The molecule has 4 heteroatoms. The van der Waals surface area contributed by atoms with E-state index < -0.39 is 11.0 Å². The number of Topliss-reactive ketones (excluding diaryl/α,β-unsaturated/α-hetero) is 1. The van der Waals surface area contributed by atoms with Gasteiger partial charge in [0.25, 0.3) is 0 Å². The van der Waals surface area contributed by atoms with Gasteiger partial charge in [0, 0.05) is 5.56 Å². The molecule has 24 heavy (non-hydrogen) atoms. The molecule has 1 atom stereocenters. The van der Waals surface area contributed by atoms with E-state index in [0.717, 1.165) is 28.3 Å². The van der Waals surface area contributed by atoms with Gasteiger partial charge in [-0.25, -0.2) is 0 Å². The van der Waals surface area contributed by atoms with Crippen molar-refractivity contribution in [1.29, 1.82) is 0 Å². The summed E-state index contributed by atoms with van der Waals surface area (Å²) < 4.78 is 11.6. The highest BCUT2D eigenvalue weighted by atomic mass is 16.7. The van der Waals surface area contributed by atoms with E-state index in [1.807, 2.05) is 26.8 Å². The Balaban J connectivity index is 2.35. The van der Waals surface area contributed by atoms with Gasteiger partial charge >= 0.3 is 0 Å². The lowest BCUT2D eigenvalue weighted by molar-refractivity contribution is -0.128. The van der Waals surface area contributed by atoms with Crippen LogP contribution in [-0.2, 0) is 15.6 Å². The molecule has 1 aromatic rings. The number of fused-ring (bicyclic) bond motifs is 3. The monoisotopic (exact) mass is 329 g/mol. The smallest absolute Gasteiger partial charge is 0.231 e. The maximum Gasteiger partial charge on any atom is 0.231 e. The maximum atomic E-state index is 13.2. The molecule has 2 aliphatic heterocycles. The third-order valence-electron chi connectivity index (χ3n) is 5.10. The van der Waals surface area contributed by atoms with E-state index in [4.69, 9.17) is 9.47 Å². The number of hydrogen-bond donors (Lipinski definition) is 1. The minimum atomic E-state index is -0.673. The zero-order chi connectivity index (χ0) is 17.9. The van der Waals surface area contributed by atoms with Crippen LogP contribution in [0.2, 0.25) is 0 Å². The summed E-state index contributed by atoms with van der Waals surface area (Å²) in [6.07, 6.45) is 2.41. The van der Waals surface area contributed by atoms with Crippen LogP contribution in [-0.4, -0.2) is 18.1 Å². The summed E-state index contributed by atoms with van der Waals surface area (Å²) in [5.41, 5.74) is 1.50. The average molecular weight is 329 g/mol. The molecule has 0 saturated heterocycles. The summed E-state index contributed by atoms with van der Waals surface area (Å²) in [7, 11) is 0. The molecule has 2 heterocycles. The lowest BCUT2D eigenvalue weighted by Gasteiger charge is -2.44. The molecule has 130 valence electrons. The fraction of sp³-hybridized carbons (Fsp3) is 0.550. The molecular formula is C20H27NO3. The van der Waals surface area contributed by atoms with Gasteiger partial charge in [0.15, 0.2) is 17.3 Å². The lowest BCUT2D eigenvalue weighted by atomic mass is 9.65. The van der Waals surface area contributed by atoms with Crippen molar-refractivity contribution in [3.8, 4) is 11.5 Å². The van der Waals surface area contributed by atoms with Crippen LogP contribution in [0.4, 0.5) is 5.69 Å². The predicted octanol–water partition coefficient (Wildman–Crippen LogP) is 4.32. The number of ketones is 1. The first-order chi connectivity index (χ1) is 11.0. The van der Waals surface area contributed by atoms with Crippen LogP contribution < -0.4 is 14.8 Å². The fourth-order valence-electron chi connectivity index (χ4n) is 3.86. The topological polar surface area (TPSA) is 47.6 Å². The number of carbonyl (C=O) groups is 1. The van der Waals surface area contributed by atoms with Crippen molar-refractivity contribution >= 4 is 11.5 Å². The van der Waals surface area contributed by atoms with Gasteiger partial charge in [-0.3, -0.25) is 4.79 Å². The highest BCUT2D eigenvalue weighted by Gasteiger charge is 2.50. The summed E-state index contributed by atoms with van der Waals surface area (Å²) in [5, 5.41) is 3.39. The second-order valence-electron chi connectivity index (χ2n) is 8.57. The molecule has 1 N–H and O–H groups in total. The van der Waals surface area contributed by atoms with Gasteiger partial charge in [-0.15, -0.1) is 6.58 Å². The minimum absolute atomic E-state index is 0.113. The SMILES string of the molecule is C=CCC1(C)C(=O)C(C)(C)Nc2c1cc(C(C)(C)C)c1c2OCO1. The van der Waals surface area contributed by atoms with E-state index in [1.165, 1.54) is 0 Å². The van der Waals surface area contributed by atoms with Crippen molar-refractivity contribution in [3.05, 3.63) is 29.8 Å². The normalized spacial score (nSPS) is 24.3. The van der Waals surface area contributed by atoms with E-state index in [2.05, 4.69) is 38.7 Å². The van der Waals surface area contributed by atoms with Crippen molar-refractivity contribution in [2.75, 3.05) is 12.1 Å².